The van der Waals surface area contributed by atoms with Gasteiger partial charge in [-0.05, 0) is 56.7 Å². The Kier molecular flexibility index (Phi) is 9.10. The zero-order valence-electron chi connectivity index (χ0n) is 30.0. The van der Waals surface area contributed by atoms with Gasteiger partial charge in [0.05, 0.1) is 33.9 Å². The number of rotatable bonds is 4. The van der Waals surface area contributed by atoms with Crippen molar-refractivity contribution in [2.75, 3.05) is 0 Å². The standard InChI is InChI=1S/C48H26F4N4.Zn/c49-43-41-42(44(50)46(52)45(43)51)48-40(30-19-11-4-12-20-30)36-26-24-34(55-36)38(28-15-7-2-8-16-28)32-22-21-31(53-32)37(27-13-5-1-6-14-27)33-23-25-35(54-33)39(47(41)56-48)29-17-9-3-10-18-29;/h1-26H;/q-2;+2. The molecule has 8 aromatic rings. The summed E-state index contributed by atoms with van der Waals surface area (Å²) in [6.07, 6.45) is 3.90. The van der Waals surface area contributed by atoms with Gasteiger partial charge in [0.15, 0.2) is 23.3 Å². The van der Waals surface area contributed by atoms with E-state index in [2.05, 4.69) is 0 Å². The summed E-state index contributed by atoms with van der Waals surface area (Å²) in [5, 5.41) is 0. The van der Waals surface area contributed by atoms with Crippen molar-refractivity contribution in [3.8, 4) is 67.0 Å². The van der Waals surface area contributed by atoms with Gasteiger partial charge in [-0.15, -0.1) is 22.1 Å². The average Bonchev–Trinajstić information content (AvgIpc) is 4.08. The van der Waals surface area contributed by atoms with Crippen LogP contribution < -0.4 is 9.97 Å². The first kappa shape index (κ1) is 36.0. The van der Waals surface area contributed by atoms with Crippen molar-refractivity contribution in [1.29, 1.82) is 0 Å². The van der Waals surface area contributed by atoms with Gasteiger partial charge in [-0.3, -0.25) is 0 Å². The fourth-order valence-corrected chi connectivity index (χ4v) is 7.67. The number of fused-ring (bicyclic) bond motifs is 11. The fraction of sp³-hybridized carbons (Fsp3) is 0. The molecule has 0 saturated carbocycles. The van der Waals surface area contributed by atoms with Gasteiger partial charge in [0.1, 0.15) is 0 Å². The summed E-state index contributed by atoms with van der Waals surface area (Å²) < 4.78 is 63.8. The molecule has 0 fully saturated rings. The first-order valence-corrected chi connectivity index (χ1v) is 17.9. The average molecular weight is 800 g/mol. The molecule has 0 spiro atoms. The van der Waals surface area contributed by atoms with Crippen LogP contribution in [-0.4, -0.2) is 9.97 Å². The molecule has 57 heavy (non-hydrogen) atoms. The SMILES string of the molecule is Fc1c(F)c(F)c2c(c1F)-c1nc-2c(-c2ccccc2)c2ccc([n-]2)c(-c2ccccc2)c2nc(c(-c3ccccc3)c3ccc([n-]3)c1-c1ccccc1)C=C2.[Zn+2]. The topological polar surface area (TPSA) is 54.0 Å². The number of benzene rings is 5. The Morgan fingerprint density at radius 3 is 0.947 bits per heavy atom. The monoisotopic (exact) mass is 798 g/mol. The van der Waals surface area contributed by atoms with Crippen LogP contribution in [0.2, 0.25) is 0 Å². The predicted octanol–water partition coefficient (Wildman–Crippen LogP) is 12.3. The third-order valence-electron chi connectivity index (χ3n) is 10.1. The second-order valence-corrected chi connectivity index (χ2v) is 13.4. The van der Waals surface area contributed by atoms with E-state index in [0.29, 0.717) is 55.7 Å². The molecule has 8 bridgehead atoms. The Bertz CT molecular complexity index is 2850. The van der Waals surface area contributed by atoms with E-state index >= 15 is 17.6 Å². The number of nitrogens with zero attached hydrogens (tertiary/aromatic N) is 4. The largest absolute Gasteiger partial charge is 2.00 e. The smallest absolute Gasteiger partial charge is 0.657 e. The van der Waals surface area contributed by atoms with Gasteiger partial charge in [-0.2, -0.15) is 0 Å². The van der Waals surface area contributed by atoms with Gasteiger partial charge >= 0.3 is 19.5 Å². The van der Waals surface area contributed by atoms with Crippen LogP contribution in [0.15, 0.2) is 146 Å². The van der Waals surface area contributed by atoms with Crippen molar-refractivity contribution in [2.24, 2.45) is 0 Å². The molecular weight excluding hydrogens is 774 g/mol. The minimum Gasteiger partial charge on any atom is -0.657 e. The first-order valence-electron chi connectivity index (χ1n) is 17.9. The second kappa shape index (κ2) is 14.4. The Balaban J connectivity index is 0.00000422. The first-order chi connectivity index (χ1) is 27.5. The Labute approximate surface area is 337 Å². The predicted molar refractivity (Wildman–Crippen MR) is 214 cm³/mol. The summed E-state index contributed by atoms with van der Waals surface area (Å²) in [6.45, 7) is 0. The molecular formula is C48H26F4N4Zn. The third-order valence-corrected chi connectivity index (χ3v) is 10.1. The zero-order chi connectivity index (χ0) is 37.9. The molecule has 0 unspecified atom stereocenters. The van der Waals surface area contributed by atoms with E-state index in [-0.39, 0.29) is 30.9 Å². The number of aromatic nitrogens is 4. The van der Waals surface area contributed by atoms with Gasteiger partial charge in [0.2, 0.25) is 0 Å². The summed E-state index contributed by atoms with van der Waals surface area (Å²) in [5.41, 5.74) is 6.84. The number of hydrogen-bond acceptors (Lipinski definition) is 2. The van der Waals surface area contributed by atoms with Gasteiger partial charge in [-0.1, -0.05) is 146 Å². The summed E-state index contributed by atoms with van der Waals surface area (Å²) in [6, 6.07) is 44.7. The normalized spacial score (nSPS) is 11.6. The van der Waals surface area contributed by atoms with Crippen molar-refractivity contribution < 1.29 is 37.0 Å². The van der Waals surface area contributed by atoms with Crippen LogP contribution in [-0.2, 0) is 19.5 Å². The Hall–Kier alpha value is -6.70. The van der Waals surface area contributed by atoms with E-state index in [1.807, 2.05) is 97.1 Å². The van der Waals surface area contributed by atoms with E-state index in [4.69, 9.17) is 19.9 Å². The molecule has 9 heteroatoms. The maximum atomic E-state index is 16.5. The molecule has 5 heterocycles. The quantitative estimate of drug-likeness (QED) is 0.0770. The van der Waals surface area contributed by atoms with Crippen LogP contribution in [0.3, 0.4) is 0 Å². The molecule has 2 aliphatic rings. The molecule has 2 aliphatic heterocycles. The van der Waals surface area contributed by atoms with Crippen molar-refractivity contribution in [3.63, 3.8) is 0 Å². The molecule has 0 N–H and O–H groups in total. The maximum Gasteiger partial charge on any atom is 2.00 e. The zero-order valence-corrected chi connectivity index (χ0v) is 33.0. The minimum atomic E-state index is -1.93. The minimum absolute atomic E-state index is 0. The molecule has 0 radical (unpaired) electrons. The molecule has 5 aromatic carbocycles. The summed E-state index contributed by atoms with van der Waals surface area (Å²) >= 11 is 0. The van der Waals surface area contributed by atoms with E-state index < -0.39 is 34.4 Å². The Morgan fingerprint density at radius 1 is 0.316 bits per heavy atom. The van der Waals surface area contributed by atoms with E-state index in [0.717, 1.165) is 22.3 Å². The number of halogens is 4. The summed E-state index contributed by atoms with van der Waals surface area (Å²) in [7, 11) is 0. The van der Waals surface area contributed by atoms with Crippen LogP contribution in [0.25, 0.3) is 101 Å². The molecule has 3 aromatic heterocycles. The number of hydrogen-bond donors (Lipinski definition) is 0. The molecule has 0 amide bonds. The van der Waals surface area contributed by atoms with Gasteiger partial charge in [0, 0.05) is 0 Å². The second-order valence-electron chi connectivity index (χ2n) is 13.4. The van der Waals surface area contributed by atoms with Crippen LogP contribution in [0.1, 0.15) is 11.4 Å². The van der Waals surface area contributed by atoms with E-state index in [1.54, 1.807) is 60.7 Å². The van der Waals surface area contributed by atoms with Crippen LogP contribution >= 0.6 is 0 Å². The van der Waals surface area contributed by atoms with Gasteiger partial charge < -0.3 is 9.97 Å². The van der Waals surface area contributed by atoms with Crippen LogP contribution in [0.5, 0.6) is 0 Å². The molecule has 4 nitrogen and oxygen atoms in total. The van der Waals surface area contributed by atoms with Gasteiger partial charge in [-0.25, -0.2) is 27.5 Å². The molecule has 10 rings (SSSR count). The maximum absolute atomic E-state index is 16.5. The van der Waals surface area contributed by atoms with Crippen molar-refractivity contribution in [2.45, 2.75) is 0 Å². The Morgan fingerprint density at radius 2 is 0.614 bits per heavy atom. The molecule has 0 saturated heterocycles. The molecule has 0 aliphatic carbocycles. The van der Waals surface area contributed by atoms with Gasteiger partial charge in [0.25, 0.3) is 0 Å². The van der Waals surface area contributed by atoms with E-state index in [1.165, 1.54) is 0 Å². The molecule has 268 valence electrons. The summed E-state index contributed by atoms with van der Waals surface area (Å²) in [5.74, 6) is -6.98. The van der Waals surface area contributed by atoms with Crippen LogP contribution in [0, 0.1) is 23.3 Å². The fourth-order valence-electron chi connectivity index (χ4n) is 7.67. The third kappa shape index (κ3) is 5.94. The van der Waals surface area contributed by atoms with Crippen molar-refractivity contribution >= 4 is 34.2 Å². The van der Waals surface area contributed by atoms with Crippen molar-refractivity contribution in [1.82, 2.24) is 19.9 Å². The van der Waals surface area contributed by atoms with Crippen molar-refractivity contribution in [3.05, 3.63) is 180 Å². The van der Waals surface area contributed by atoms with Crippen LogP contribution in [0.4, 0.5) is 17.6 Å². The summed E-state index contributed by atoms with van der Waals surface area (Å²) in [4.78, 5) is 20.4. The van der Waals surface area contributed by atoms with E-state index in [9.17, 15) is 0 Å². The molecule has 0 atom stereocenters.